The predicted octanol–water partition coefficient (Wildman–Crippen LogP) is 1.66. The maximum atomic E-state index is 3.89. The summed E-state index contributed by atoms with van der Waals surface area (Å²) in [5.74, 6) is 0. The number of hydrogen-bond acceptors (Lipinski definition) is 4. The molecule has 0 aliphatic carbocycles. The third-order valence-corrected chi connectivity index (χ3v) is 2.24. The third-order valence-electron chi connectivity index (χ3n) is 1.51. The van der Waals surface area contributed by atoms with E-state index in [0.29, 0.717) is 0 Å². The predicted molar refractivity (Wildman–Crippen MR) is 53.1 cm³/mol. The first-order valence-corrected chi connectivity index (χ1v) is 4.63. The molecule has 0 bridgehead atoms. The van der Waals surface area contributed by atoms with E-state index in [1.807, 2.05) is 30.3 Å². The highest BCUT2D eigenvalue weighted by molar-refractivity contribution is 8.12. The zero-order valence-corrected chi connectivity index (χ0v) is 7.21. The number of anilines is 1. The molecule has 1 atom stereocenters. The summed E-state index contributed by atoms with van der Waals surface area (Å²) < 4.78 is 0. The summed E-state index contributed by atoms with van der Waals surface area (Å²) in [6, 6.07) is 10.1. The van der Waals surface area contributed by atoms with Crippen LogP contribution in [0.15, 0.2) is 35.4 Å². The first-order valence-electron chi connectivity index (χ1n) is 3.69. The summed E-state index contributed by atoms with van der Waals surface area (Å²) in [5, 5.41) is 7.15. The van der Waals surface area contributed by atoms with Crippen molar-refractivity contribution in [3.8, 4) is 0 Å². The summed E-state index contributed by atoms with van der Waals surface area (Å²) in [5.41, 5.74) is 6.00. The van der Waals surface area contributed by atoms with E-state index < -0.39 is 0 Å². The van der Waals surface area contributed by atoms with Crippen LogP contribution in [0.1, 0.15) is 0 Å². The molecule has 1 unspecified atom stereocenters. The molecule has 4 heteroatoms. The van der Waals surface area contributed by atoms with Gasteiger partial charge < -0.3 is 5.32 Å². The van der Waals surface area contributed by atoms with Gasteiger partial charge in [0.15, 0.2) is 5.50 Å². The van der Waals surface area contributed by atoms with E-state index in [4.69, 9.17) is 0 Å². The van der Waals surface area contributed by atoms with Crippen LogP contribution < -0.4 is 10.7 Å². The molecule has 0 spiro atoms. The molecular weight excluding hydrogens is 170 g/mol. The van der Waals surface area contributed by atoms with Crippen LogP contribution in [0.2, 0.25) is 0 Å². The summed E-state index contributed by atoms with van der Waals surface area (Å²) in [6.07, 6.45) is 0. The summed E-state index contributed by atoms with van der Waals surface area (Å²) >= 11 is 1.62. The number of hydrogen-bond donors (Lipinski definition) is 2. The van der Waals surface area contributed by atoms with E-state index in [-0.39, 0.29) is 5.50 Å². The zero-order valence-electron chi connectivity index (χ0n) is 6.40. The van der Waals surface area contributed by atoms with Crippen molar-refractivity contribution in [3.05, 3.63) is 30.3 Å². The van der Waals surface area contributed by atoms with E-state index >= 15 is 0 Å². The second-order valence-electron chi connectivity index (χ2n) is 2.39. The van der Waals surface area contributed by atoms with Crippen LogP contribution in [-0.4, -0.2) is 11.0 Å². The van der Waals surface area contributed by atoms with Crippen molar-refractivity contribution < 1.29 is 0 Å². The minimum absolute atomic E-state index is 0.174. The highest BCUT2D eigenvalue weighted by atomic mass is 32.2. The second kappa shape index (κ2) is 3.49. The van der Waals surface area contributed by atoms with Crippen LogP contribution in [0.4, 0.5) is 5.69 Å². The SMILES string of the molecule is C1=NNC(Nc2ccccc2)S1. The molecular formula is C8H9N3S. The van der Waals surface area contributed by atoms with Crippen molar-refractivity contribution in [1.29, 1.82) is 0 Å². The maximum absolute atomic E-state index is 3.89. The Morgan fingerprint density at radius 1 is 1.33 bits per heavy atom. The molecule has 2 rings (SSSR count). The van der Waals surface area contributed by atoms with Gasteiger partial charge in [-0.05, 0) is 12.1 Å². The molecule has 0 radical (unpaired) electrons. The Bertz CT molecular complexity index is 265. The van der Waals surface area contributed by atoms with E-state index in [9.17, 15) is 0 Å². The number of nitrogens with zero attached hydrogens (tertiary/aromatic N) is 1. The Kier molecular flexibility index (Phi) is 2.18. The topological polar surface area (TPSA) is 36.4 Å². The molecule has 0 saturated carbocycles. The van der Waals surface area contributed by atoms with Gasteiger partial charge in [-0.15, -0.1) is 0 Å². The molecule has 2 N–H and O–H groups in total. The van der Waals surface area contributed by atoms with Crippen molar-refractivity contribution in [2.75, 3.05) is 5.32 Å². The molecule has 1 aromatic carbocycles. The zero-order chi connectivity index (χ0) is 8.23. The number of benzene rings is 1. The number of thioether (sulfide) groups is 1. The lowest BCUT2D eigenvalue weighted by atomic mass is 10.3. The molecule has 1 aliphatic heterocycles. The van der Waals surface area contributed by atoms with E-state index in [1.54, 1.807) is 17.3 Å². The molecule has 12 heavy (non-hydrogen) atoms. The van der Waals surface area contributed by atoms with Crippen molar-refractivity contribution >= 4 is 23.0 Å². The fraction of sp³-hybridized carbons (Fsp3) is 0.125. The Hall–Kier alpha value is -1.16. The number of nitrogens with one attached hydrogen (secondary N) is 2. The second-order valence-corrected chi connectivity index (χ2v) is 3.34. The molecule has 0 saturated heterocycles. The number of para-hydroxylation sites is 1. The van der Waals surface area contributed by atoms with Crippen LogP contribution in [0, 0.1) is 0 Å². The lowest BCUT2D eigenvalue weighted by Crippen LogP contribution is -2.25. The highest BCUT2D eigenvalue weighted by Gasteiger charge is 2.09. The maximum Gasteiger partial charge on any atom is 0.166 e. The Morgan fingerprint density at radius 2 is 2.17 bits per heavy atom. The smallest absolute Gasteiger partial charge is 0.166 e. The van der Waals surface area contributed by atoms with Crippen molar-refractivity contribution in [1.82, 2.24) is 5.43 Å². The van der Waals surface area contributed by atoms with Crippen LogP contribution in [0.3, 0.4) is 0 Å². The molecule has 1 aliphatic rings. The van der Waals surface area contributed by atoms with Gasteiger partial charge in [-0.3, -0.25) is 5.43 Å². The Labute approximate surface area is 75.2 Å². The van der Waals surface area contributed by atoms with Gasteiger partial charge in [0.1, 0.15) is 0 Å². The number of hydrazone groups is 1. The van der Waals surface area contributed by atoms with Crippen molar-refractivity contribution in [3.63, 3.8) is 0 Å². The van der Waals surface area contributed by atoms with Gasteiger partial charge in [0.2, 0.25) is 0 Å². The normalized spacial score (nSPS) is 20.5. The summed E-state index contributed by atoms with van der Waals surface area (Å²) in [6.45, 7) is 0. The van der Waals surface area contributed by atoms with Crippen molar-refractivity contribution in [2.45, 2.75) is 5.50 Å². The summed E-state index contributed by atoms with van der Waals surface area (Å²) in [7, 11) is 0. The first kappa shape index (κ1) is 7.49. The molecule has 3 nitrogen and oxygen atoms in total. The van der Waals surface area contributed by atoms with Gasteiger partial charge in [-0.25, -0.2) is 0 Å². The van der Waals surface area contributed by atoms with E-state index in [0.717, 1.165) is 5.69 Å². The van der Waals surface area contributed by atoms with E-state index in [2.05, 4.69) is 15.8 Å². The average Bonchev–Trinajstić information content (AvgIpc) is 2.59. The van der Waals surface area contributed by atoms with Gasteiger partial charge in [-0.2, -0.15) is 5.10 Å². The van der Waals surface area contributed by atoms with Gasteiger partial charge in [0.25, 0.3) is 0 Å². The van der Waals surface area contributed by atoms with Gasteiger partial charge in [0.05, 0.1) is 5.55 Å². The Balaban J connectivity index is 1.95. The molecule has 0 amide bonds. The fourth-order valence-electron chi connectivity index (χ4n) is 0.972. The molecule has 0 aromatic heterocycles. The largest absolute Gasteiger partial charge is 0.355 e. The fourth-order valence-corrected chi connectivity index (χ4v) is 1.54. The van der Waals surface area contributed by atoms with Gasteiger partial charge in [-0.1, -0.05) is 30.0 Å². The van der Waals surface area contributed by atoms with Gasteiger partial charge in [0, 0.05) is 5.69 Å². The quantitative estimate of drug-likeness (QED) is 0.725. The summed E-state index contributed by atoms with van der Waals surface area (Å²) in [4.78, 5) is 0. The van der Waals surface area contributed by atoms with Crippen LogP contribution in [0.25, 0.3) is 0 Å². The monoisotopic (exact) mass is 179 g/mol. The highest BCUT2D eigenvalue weighted by Crippen LogP contribution is 2.14. The average molecular weight is 179 g/mol. The van der Waals surface area contributed by atoms with Crippen LogP contribution in [0.5, 0.6) is 0 Å². The first-order chi connectivity index (χ1) is 5.95. The molecule has 1 aromatic rings. The molecule has 62 valence electrons. The van der Waals surface area contributed by atoms with Crippen LogP contribution >= 0.6 is 11.8 Å². The van der Waals surface area contributed by atoms with E-state index in [1.165, 1.54) is 0 Å². The van der Waals surface area contributed by atoms with Crippen molar-refractivity contribution in [2.24, 2.45) is 5.10 Å². The number of rotatable bonds is 2. The van der Waals surface area contributed by atoms with Gasteiger partial charge >= 0.3 is 0 Å². The molecule has 0 fully saturated rings. The minimum atomic E-state index is 0.174. The van der Waals surface area contributed by atoms with Crippen LogP contribution in [-0.2, 0) is 0 Å². The minimum Gasteiger partial charge on any atom is -0.355 e. The standard InChI is InChI=1S/C8H9N3S/c1-2-4-7(5-3-1)10-8-11-9-6-12-8/h1-6,8,10-11H. The third kappa shape index (κ3) is 1.71. The lowest BCUT2D eigenvalue weighted by molar-refractivity contribution is 0.767. The lowest BCUT2D eigenvalue weighted by Gasteiger charge is -2.11. The molecule has 1 heterocycles. The Morgan fingerprint density at radius 3 is 2.83 bits per heavy atom.